The van der Waals surface area contributed by atoms with Gasteiger partial charge in [0.15, 0.2) is 5.90 Å². The number of sulfonamides is 1. The quantitative estimate of drug-likeness (QED) is 0.725. The van der Waals surface area contributed by atoms with Gasteiger partial charge in [-0.2, -0.15) is 0 Å². The van der Waals surface area contributed by atoms with Gasteiger partial charge >= 0.3 is 0 Å². The van der Waals surface area contributed by atoms with Gasteiger partial charge in [0, 0.05) is 19.5 Å². The Morgan fingerprint density at radius 1 is 1.07 bits per heavy atom. The van der Waals surface area contributed by atoms with Crippen molar-refractivity contribution >= 4 is 15.9 Å². The van der Waals surface area contributed by atoms with Crippen LogP contribution in [0.25, 0.3) is 0 Å². The average molecular weight is 387 g/mol. The maximum Gasteiger partial charge on any atom is 0.242 e. The van der Waals surface area contributed by atoms with Gasteiger partial charge in [0.05, 0.1) is 10.9 Å². The molecule has 2 aromatic carbocycles. The second-order valence-electron chi connectivity index (χ2n) is 6.99. The van der Waals surface area contributed by atoms with Crippen LogP contribution in [0, 0.1) is 5.92 Å². The third-order valence-corrected chi connectivity index (χ3v) is 6.77. The van der Waals surface area contributed by atoms with Crippen molar-refractivity contribution < 1.29 is 13.2 Å². The highest BCUT2D eigenvalue weighted by atomic mass is 32.2. The lowest BCUT2D eigenvalue weighted by molar-refractivity contribution is 0.189. The molecule has 1 heterocycles. The molecule has 0 N–H and O–H groups in total. The van der Waals surface area contributed by atoms with Crippen molar-refractivity contribution in [2.45, 2.75) is 37.3 Å². The molecule has 6 heteroatoms. The first-order valence-electron chi connectivity index (χ1n) is 9.20. The van der Waals surface area contributed by atoms with Crippen molar-refractivity contribution in [3.05, 3.63) is 66.2 Å². The van der Waals surface area contributed by atoms with E-state index in [-0.39, 0.29) is 18.1 Å². The van der Waals surface area contributed by atoms with Crippen LogP contribution < -0.4 is 0 Å². The van der Waals surface area contributed by atoms with E-state index in [0.717, 1.165) is 5.56 Å². The van der Waals surface area contributed by atoms with Gasteiger partial charge in [0.1, 0.15) is 6.10 Å². The van der Waals surface area contributed by atoms with Gasteiger partial charge in [-0.05, 0) is 31.0 Å². The third-order valence-electron chi connectivity index (χ3n) is 4.89. The summed E-state index contributed by atoms with van der Waals surface area (Å²) < 4.78 is 32.7. The summed E-state index contributed by atoms with van der Waals surface area (Å²) in [5.74, 6) is 0.761. The zero-order valence-electron chi connectivity index (χ0n) is 15.9. The van der Waals surface area contributed by atoms with E-state index in [1.54, 1.807) is 37.4 Å². The number of aliphatic imine (C=N–C) groups is 1. The first kappa shape index (κ1) is 19.6. The van der Waals surface area contributed by atoms with Crippen LogP contribution in [0.1, 0.15) is 31.9 Å². The van der Waals surface area contributed by atoms with Crippen molar-refractivity contribution in [2.75, 3.05) is 13.6 Å². The summed E-state index contributed by atoms with van der Waals surface area (Å²) >= 11 is 0. The number of nitrogens with zero attached hydrogens (tertiary/aromatic N) is 2. The molecule has 0 bridgehead atoms. The van der Waals surface area contributed by atoms with Crippen molar-refractivity contribution in [3.63, 3.8) is 0 Å². The summed E-state index contributed by atoms with van der Waals surface area (Å²) in [5.41, 5.74) is 1.11. The SMILES string of the molecule is CC(CCN(C)S(=O)(=O)c1ccccc1)C1=N[C@@H](C)[C@@H](c2ccccc2)O1. The molecule has 2 aromatic rings. The van der Waals surface area contributed by atoms with E-state index in [0.29, 0.717) is 23.8 Å². The number of ether oxygens (including phenoxy) is 1. The van der Waals surface area contributed by atoms with Crippen LogP contribution in [-0.4, -0.2) is 38.3 Å². The van der Waals surface area contributed by atoms with Gasteiger partial charge in [-0.1, -0.05) is 55.5 Å². The highest BCUT2D eigenvalue weighted by Crippen LogP contribution is 2.31. The molecule has 0 amide bonds. The molecule has 0 aromatic heterocycles. The van der Waals surface area contributed by atoms with Crippen LogP contribution in [0.3, 0.4) is 0 Å². The van der Waals surface area contributed by atoms with E-state index in [9.17, 15) is 8.42 Å². The molecule has 27 heavy (non-hydrogen) atoms. The fourth-order valence-corrected chi connectivity index (χ4v) is 4.36. The minimum absolute atomic E-state index is 0.0505. The van der Waals surface area contributed by atoms with Gasteiger partial charge in [0.2, 0.25) is 10.0 Å². The summed E-state index contributed by atoms with van der Waals surface area (Å²) in [7, 11) is -1.86. The normalized spacial score (nSPS) is 21.0. The average Bonchev–Trinajstić information content (AvgIpc) is 3.09. The van der Waals surface area contributed by atoms with Crippen molar-refractivity contribution in [3.8, 4) is 0 Å². The lowest BCUT2D eigenvalue weighted by atomic mass is 10.0. The number of hydrogen-bond donors (Lipinski definition) is 0. The Labute approximate surface area is 161 Å². The van der Waals surface area contributed by atoms with Crippen LogP contribution in [0.2, 0.25) is 0 Å². The Morgan fingerprint density at radius 3 is 2.30 bits per heavy atom. The minimum Gasteiger partial charge on any atom is -0.470 e. The van der Waals surface area contributed by atoms with Crippen LogP contribution in [-0.2, 0) is 14.8 Å². The first-order chi connectivity index (χ1) is 12.9. The molecule has 0 fully saturated rings. The lowest BCUT2D eigenvalue weighted by Crippen LogP contribution is -2.30. The van der Waals surface area contributed by atoms with Gasteiger partial charge in [0.25, 0.3) is 0 Å². The molecule has 3 rings (SSSR count). The predicted molar refractivity (Wildman–Crippen MR) is 107 cm³/mol. The number of rotatable bonds is 7. The summed E-state index contributed by atoms with van der Waals surface area (Å²) in [6, 6.07) is 18.6. The second kappa shape index (κ2) is 8.23. The van der Waals surface area contributed by atoms with E-state index in [2.05, 4.69) is 4.99 Å². The van der Waals surface area contributed by atoms with Crippen LogP contribution in [0.4, 0.5) is 0 Å². The maximum atomic E-state index is 12.6. The van der Waals surface area contributed by atoms with Crippen LogP contribution in [0.15, 0.2) is 70.6 Å². The highest BCUT2D eigenvalue weighted by molar-refractivity contribution is 7.89. The van der Waals surface area contributed by atoms with E-state index >= 15 is 0 Å². The molecule has 0 saturated heterocycles. The van der Waals surface area contributed by atoms with E-state index < -0.39 is 10.0 Å². The van der Waals surface area contributed by atoms with Gasteiger partial charge < -0.3 is 4.74 Å². The Hall–Kier alpha value is -2.18. The van der Waals surface area contributed by atoms with Gasteiger partial charge in [-0.3, -0.25) is 0 Å². The molecule has 1 aliphatic rings. The zero-order chi connectivity index (χ0) is 19.4. The summed E-state index contributed by atoms with van der Waals surface area (Å²) in [6.07, 6.45) is 0.574. The molecular formula is C21H26N2O3S. The molecule has 1 aliphatic heterocycles. The number of hydrogen-bond acceptors (Lipinski definition) is 4. The monoisotopic (exact) mass is 386 g/mol. The molecule has 1 unspecified atom stereocenters. The van der Waals surface area contributed by atoms with Crippen LogP contribution >= 0.6 is 0 Å². The molecule has 0 spiro atoms. The zero-order valence-corrected chi connectivity index (χ0v) is 16.8. The molecule has 0 saturated carbocycles. The Balaban J connectivity index is 1.60. The number of benzene rings is 2. The molecule has 0 radical (unpaired) electrons. The fourth-order valence-electron chi connectivity index (χ4n) is 3.15. The third kappa shape index (κ3) is 4.39. The standard InChI is InChI=1S/C21H26N2O3S/c1-16(14-15-23(3)27(24,25)19-12-8-5-9-13-19)21-22-17(2)20(26-21)18-10-6-4-7-11-18/h4-13,16-17,20H,14-15H2,1-3H3/t16?,17-,20-/m0/s1. The Morgan fingerprint density at radius 2 is 1.67 bits per heavy atom. The van der Waals surface area contributed by atoms with Crippen molar-refractivity contribution in [1.29, 1.82) is 0 Å². The second-order valence-corrected chi connectivity index (χ2v) is 9.03. The largest absolute Gasteiger partial charge is 0.470 e. The van der Waals surface area contributed by atoms with E-state index in [1.165, 1.54) is 4.31 Å². The molecule has 144 valence electrons. The van der Waals surface area contributed by atoms with E-state index in [1.807, 2.05) is 44.2 Å². The predicted octanol–water partition coefficient (Wildman–Crippen LogP) is 3.89. The van der Waals surface area contributed by atoms with E-state index in [4.69, 9.17) is 4.74 Å². The van der Waals surface area contributed by atoms with Crippen molar-refractivity contribution in [1.82, 2.24) is 4.31 Å². The summed E-state index contributed by atoms with van der Waals surface area (Å²) in [6.45, 7) is 4.48. The van der Waals surface area contributed by atoms with Gasteiger partial charge in [-0.25, -0.2) is 17.7 Å². The minimum atomic E-state index is -3.47. The smallest absolute Gasteiger partial charge is 0.242 e. The summed E-state index contributed by atoms with van der Waals surface area (Å²) in [4.78, 5) is 4.98. The molecule has 0 aliphatic carbocycles. The summed E-state index contributed by atoms with van der Waals surface area (Å²) in [5, 5.41) is 0. The molecular weight excluding hydrogens is 360 g/mol. The first-order valence-corrected chi connectivity index (χ1v) is 10.6. The van der Waals surface area contributed by atoms with Crippen LogP contribution in [0.5, 0.6) is 0 Å². The molecule has 5 nitrogen and oxygen atoms in total. The van der Waals surface area contributed by atoms with Crippen molar-refractivity contribution in [2.24, 2.45) is 10.9 Å². The molecule has 3 atom stereocenters. The maximum absolute atomic E-state index is 12.6. The fraction of sp³-hybridized carbons (Fsp3) is 0.381. The Kier molecular flexibility index (Phi) is 5.97. The van der Waals surface area contributed by atoms with Gasteiger partial charge in [-0.15, -0.1) is 0 Å². The Bertz CT molecular complexity index is 882. The highest BCUT2D eigenvalue weighted by Gasteiger charge is 2.31. The topological polar surface area (TPSA) is 59.0 Å². The lowest BCUT2D eigenvalue weighted by Gasteiger charge is -2.20.